The number of hydrogen-bond acceptors (Lipinski definition) is 2. The van der Waals surface area contributed by atoms with Crippen molar-refractivity contribution in [2.75, 3.05) is 9.80 Å². The standard InChI is InChI=1S/C66H78BN3/c1-60(2,3)42-25-29-46(30-26-42)68(47-31-27-43(28-32-47)61(4,5)6)48-39-53-56-54(40-48)70-59-50(65(16)33-21-22-34-66(65,70)17)36-45(63(10,11)12)38-52(59)67(56)51-37-44(62(7,8)9)35-49-55(64(13,14)15)57(69(53)58(49)51)41-23-19-18-20-24-41/h18-20,23-32,35-40H,21-22,33-34H2,1-17H3. The van der Waals surface area contributed by atoms with E-state index in [1.807, 2.05) is 0 Å². The van der Waals surface area contributed by atoms with Crippen LogP contribution in [0.5, 0.6) is 0 Å². The Bertz CT molecular complexity index is 3190. The predicted molar refractivity (Wildman–Crippen MR) is 304 cm³/mol. The maximum atomic E-state index is 2.93. The van der Waals surface area contributed by atoms with Gasteiger partial charge in [0.05, 0.1) is 16.9 Å². The minimum Gasteiger partial charge on any atom is -0.335 e. The quantitative estimate of drug-likeness (QED) is 0.163. The maximum Gasteiger partial charge on any atom is 0.252 e. The highest BCUT2D eigenvalue weighted by Gasteiger charge is 2.61. The smallest absolute Gasteiger partial charge is 0.252 e. The number of benzene rings is 6. The Labute approximate surface area is 421 Å². The molecule has 11 rings (SSSR count). The molecule has 2 unspecified atom stereocenters. The zero-order valence-electron chi connectivity index (χ0n) is 45.7. The molecule has 70 heavy (non-hydrogen) atoms. The lowest BCUT2D eigenvalue weighted by molar-refractivity contribution is 0.195. The third kappa shape index (κ3) is 6.80. The van der Waals surface area contributed by atoms with Gasteiger partial charge in [-0.1, -0.05) is 196 Å². The normalized spacial score (nSPS) is 19.6. The predicted octanol–water partition coefficient (Wildman–Crippen LogP) is 16.1. The second-order valence-electron chi connectivity index (χ2n) is 27.5. The van der Waals surface area contributed by atoms with Gasteiger partial charge < -0.3 is 14.4 Å². The van der Waals surface area contributed by atoms with Crippen LogP contribution in [0.4, 0.5) is 28.4 Å². The first-order chi connectivity index (χ1) is 32.6. The van der Waals surface area contributed by atoms with Crippen molar-refractivity contribution in [3.8, 4) is 16.9 Å². The molecule has 0 bridgehead atoms. The van der Waals surface area contributed by atoms with Crippen LogP contribution in [0.15, 0.2) is 115 Å². The molecule has 1 aromatic heterocycles. The van der Waals surface area contributed by atoms with E-state index in [-0.39, 0.29) is 44.7 Å². The van der Waals surface area contributed by atoms with Crippen LogP contribution < -0.4 is 26.2 Å². The fourth-order valence-electron chi connectivity index (χ4n) is 13.4. The SMILES string of the molecule is CC(C)(C)c1ccc(N(c2ccc(C(C)(C)C)cc2)c2cc3c4c(c2)-n2c(-c5ccccc5)c(C(C)(C)C)c5cc(C(C)(C)C)cc(c52)B4c2cc(C(C)(C)C)cc4c2N3C2(C)CCCCC42C)cc1. The van der Waals surface area contributed by atoms with Crippen molar-refractivity contribution in [2.45, 2.75) is 181 Å². The molecule has 0 saturated heterocycles. The van der Waals surface area contributed by atoms with Gasteiger partial charge in [-0.15, -0.1) is 0 Å². The molecule has 0 spiro atoms. The van der Waals surface area contributed by atoms with E-state index in [1.165, 1.54) is 120 Å². The zero-order chi connectivity index (χ0) is 50.0. The molecular formula is C66H78BN3. The molecule has 0 N–H and O–H groups in total. The molecular weight excluding hydrogens is 846 g/mol. The Kier molecular flexibility index (Phi) is 10.1. The topological polar surface area (TPSA) is 11.4 Å². The van der Waals surface area contributed by atoms with Crippen LogP contribution in [0.2, 0.25) is 0 Å². The van der Waals surface area contributed by atoms with Crippen LogP contribution in [0.1, 0.15) is 177 Å². The van der Waals surface area contributed by atoms with Gasteiger partial charge in [-0.3, -0.25) is 0 Å². The van der Waals surface area contributed by atoms with E-state index in [2.05, 4.69) is 247 Å². The minimum atomic E-state index is -0.155. The summed E-state index contributed by atoms with van der Waals surface area (Å²) in [5.74, 6) is 0. The molecule has 1 aliphatic carbocycles. The van der Waals surface area contributed by atoms with Gasteiger partial charge in [-0.2, -0.15) is 0 Å². The van der Waals surface area contributed by atoms with Gasteiger partial charge in [0.2, 0.25) is 0 Å². The monoisotopic (exact) mass is 924 g/mol. The molecule has 0 amide bonds. The Morgan fingerprint density at radius 2 is 1.01 bits per heavy atom. The molecule has 4 heterocycles. The van der Waals surface area contributed by atoms with E-state index in [0.717, 1.165) is 6.42 Å². The van der Waals surface area contributed by atoms with E-state index in [4.69, 9.17) is 0 Å². The zero-order valence-corrected chi connectivity index (χ0v) is 45.7. The number of rotatable bonds is 4. The van der Waals surface area contributed by atoms with Crippen molar-refractivity contribution in [3.05, 3.63) is 149 Å². The highest BCUT2D eigenvalue weighted by atomic mass is 15.3. The molecule has 360 valence electrons. The highest BCUT2D eigenvalue weighted by Crippen LogP contribution is 2.62. The summed E-state index contributed by atoms with van der Waals surface area (Å²) >= 11 is 0. The summed E-state index contributed by atoms with van der Waals surface area (Å²) in [7, 11) is 0. The van der Waals surface area contributed by atoms with Crippen molar-refractivity contribution in [1.82, 2.24) is 4.57 Å². The molecule has 3 nitrogen and oxygen atoms in total. The Balaban J connectivity index is 1.34. The number of aromatic nitrogens is 1. The van der Waals surface area contributed by atoms with Crippen molar-refractivity contribution in [3.63, 3.8) is 0 Å². The molecule has 4 aliphatic rings. The average Bonchev–Trinajstić information content (AvgIpc) is 3.74. The molecule has 6 aromatic carbocycles. The number of fused-ring (bicyclic) bond motifs is 7. The summed E-state index contributed by atoms with van der Waals surface area (Å²) in [5, 5.41) is 1.39. The van der Waals surface area contributed by atoms with Gasteiger partial charge in [0, 0.05) is 44.8 Å². The highest BCUT2D eigenvalue weighted by molar-refractivity contribution is 7.00. The molecule has 1 saturated carbocycles. The summed E-state index contributed by atoms with van der Waals surface area (Å²) in [4.78, 5) is 5.49. The summed E-state index contributed by atoms with van der Waals surface area (Å²) in [6.45, 7) is 41.0. The van der Waals surface area contributed by atoms with Crippen molar-refractivity contribution >= 4 is 62.4 Å². The summed E-state index contributed by atoms with van der Waals surface area (Å²) < 4.78 is 2.76. The van der Waals surface area contributed by atoms with Crippen LogP contribution in [-0.4, -0.2) is 16.8 Å². The van der Waals surface area contributed by atoms with Gasteiger partial charge in [0.15, 0.2) is 0 Å². The van der Waals surface area contributed by atoms with Crippen molar-refractivity contribution in [2.24, 2.45) is 0 Å². The third-order valence-electron chi connectivity index (χ3n) is 17.6. The van der Waals surface area contributed by atoms with Crippen LogP contribution in [0, 0.1) is 0 Å². The first kappa shape index (κ1) is 46.9. The molecule has 0 radical (unpaired) electrons. The van der Waals surface area contributed by atoms with E-state index in [9.17, 15) is 0 Å². The van der Waals surface area contributed by atoms with Crippen LogP contribution >= 0.6 is 0 Å². The fourth-order valence-corrected chi connectivity index (χ4v) is 13.4. The first-order valence-corrected chi connectivity index (χ1v) is 26.6. The second-order valence-corrected chi connectivity index (χ2v) is 27.5. The Morgan fingerprint density at radius 1 is 0.500 bits per heavy atom. The molecule has 2 atom stereocenters. The van der Waals surface area contributed by atoms with Gasteiger partial charge in [0.25, 0.3) is 6.71 Å². The average molecular weight is 924 g/mol. The molecule has 3 aliphatic heterocycles. The number of anilines is 5. The lowest BCUT2D eigenvalue weighted by Gasteiger charge is -2.52. The summed E-state index contributed by atoms with van der Waals surface area (Å²) in [6, 6.07) is 46.0. The molecule has 1 fully saturated rings. The number of hydrogen-bond donors (Lipinski definition) is 0. The fraction of sp³-hybridized carbons (Fsp3) is 0.424. The lowest BCUT2D eigenvalue weighted by Crippen LogP contribution is -2.64. The summed E-state index contributed by atoms with van der Waals surface area (Å²) in [6.07, 6.45) is 4.84. The Morgan fingerprint density at radius 3 is 1.56 bits per heavy atom. The van der Waals surface area contributed by atoms with Gasteiger partial charge in [0.1, 0.15) is 0 Å². The van der Waals surface area contributed by atoms with E-state index < -0.39 is 0 Å². The Hall–Kier alpha value is -5.48. The number of nitrogens with zero attached hydrogens (tertiary/aromatic N) is 3. The summed E-state index contributed by atoms with van der Waals surface area (Å²) in [5.41, 5.74) is 24.2. The maximum absolute atomic E-state index is 2.93. The molecule has 4 heteroatoms. The lowest BCUT2D eigenvalue weighted by atomic mass is 9.33. The van der Waals surface area contributed by atoms with Crippen LogP contribution in [-0.2, 0) is 32.5 Å². The van der Waals surface area contributed by atoms with E-state index in [0.29, 0.717) is 0 Å². The first-order valence-electron chi connectivity index (χ1n) is 26.6. The van der Waals surface area contributed by atoms with Gasteiger partial charge in [-0.25, -0.2) is 0 Å². The molecule has 7 aromatic rings. The third-order valence-corrected chi connectivity index (χ3v) is 17.6. The largest absolute Gasteiger partial charge is 0.335 e. The minimum absolute atomic E-state index is 0.0176. The van der Waals surface area contributed by atoms with Crippen molar-refractivity contribution in [1.29, 1.82) is 0 Å². The van der Waals surface area contributed by atoms with Crippen LogP contribution in [0.25, 0.3) is 27.8 Å². The van der Waals surface area contributed by atoms with Gasteiger partial charge >= 0.3 is 0 Å². The second kappa shape index (κ2) is 15.0. The van der Waals surface area contributed by atoms with Crippen molar-refractivity contribution < 1.29 is 0 Å². The van der Waals surface area contributed by atoms with Crippen LogP contribution in [0.3, 0.4) is 0 Å². The van der Waals surface area contributed by atoms with E-state index in [1.54, 1.807) is 5.56 Å². The van der Waals surface area contributed by atoms with Gasteiger partial charge in [-0.05, 0) is 145 Å². The van der Waals surface area contributed by atoms with E-state index >= 15 is 0 Å².